The van der Waals surface area contributed by atoms with E-state index in [1.807, 2.05) is 140 Å². The van der Waals surface area contributed by atoms with Gasteiger partial charge in [-0.05, 0) is 29.8 Å². The first-order valence-electron chi connectivity index (χ1n) is 11.8. The van der Waals surface area contributed by atoms with Crippen LogP contribution in [0.3, 0.4) is 0 Å². The van der Waals surface area contributed by atoms with E-state index in [1.165, 1.54) is 0 Å². The molecule has 5 heteroatoms. The van der Waals surface area contributed by atoms with Crippen LogP contribution in [0.4, 0.5) is 0 Å². The minimum absolute atomic E-state index is 0.229. The van der Waals surface area contributed by atoms with E-state index in [1.54, 1.807) is 6.07 Å². The molecular weight excluding hydrogens is 482 g/mol. The van der Waals surface area contributed by atoms with Gasteiger partial charge in [0, 0.05) is 15.9 Å². The molecular formula is C31H26O3P2. The lowest BCUT2D eigenvalue weighted by Crippen LogP contribution is -2.26. The van der Waals surface area contributed by atoms with Crippen LogP contribution in [0.5, 0.6) is 5.75 Å². The molecule has 0 bridgehead atoms. The minimum atomic E-state index is -3.42. The van der Waals surface area contributed by atoms with Crippen molar-refractivity contribution in [1.82, 2.24) is 0 Å². The second kappa shape index (κ2) is 10.5. The Kier molecular flexibility index (Phi) is 7.05. The number of para-hydroxylation sites is 1. The largest absolute Gasteiger partial charge is 0.439 e. The van der Waals surface area contributed by atoms with Gasteiger partial charge >= 0.3 is 0 Å². The first-order chi connectivity index (χ1) is 17.6. The molecule has 3 nitrogen and oxygen atoms in total. The molecule has 0 aliphatic rings. The first-order valence-corrected chi connectivity index (χ1v) is 15.3. The summed E-state index contributed by atoms with van der Waals surface area (Å²) in [6.07, 6.45) is 0.229. The molecule has 5 aromatic rings. The topological polar surface area (TPSA) is 43.4 Å². The highest BCUT2D eigenvalue weighted by Gasteiger charge is 2.35. The average Bonchev–Trinajstić information content (AvgIpc) is 2.95. The monoisotopic (exact) mass is 508 g/mol. The quantitative estimate of drug-likeness (QED) is 0.225. The van der Waals surface area contributed by atoms with Crippen molar-refractivity contribution in [3.05, 3.63) is 151 Å². The maximum Gasteiger partial charge on any atom is 0.281 e. The van der Waals surface area contributed by atoms with E-state index in [0.717, 1.165) is 5.56 Å². The molecule has 5 rings (SSSR count). The van der Waals surface area contributed by atoms with Gasteiger partial charge in [-0.1, -0.05) is 121 Å². The molecule has 36 heavy (non-hydrogen) atoms. The van der Waals surface area contributed by atoms with E-state index in [2.05, 4.69) is 0 Å². The molecule has 0 radical (unpaired) electrons. The van der Waals surface area contributed by atoms with Crippen molar-refractivity contribution in [2.75, 3.05) is 0 Å². The van der Waals surface area contributed by atoms with Crippen LogP contribution in [-0.4, -0.2) is 0 Å². The molecule has 0 amide bonds. The molecule has 178 valence electrons. The van der Waals surface area contributed by atoms with Gasteiger partial charge in [-0.2, -0.15) is 0 Å². The highest BCUT2D eigenvalue weighted by Crippen LogP contribution is 2.52. The van der Waals surface area contributed by atoms with E-state index in [9.17, 15) is 4.57 Å². The van der Waals surface area contributed by atoms with Gasteiger partial charge in [-0.15, -0.1) is 0 Å². The zero-order valence-corrected chi connectivity index (χ0v) is 21.5. The molecule has 0 aromatic heterocycles. The van der Waals surface area contributed by atoms with Gasteiger partial charge in [-0.3, -0.25) is 4.57 Å². The van der Waals surface area contributed by atoms with Crippen LogP contribution in [-0.2, 0) is 15.3 Å². The van der Waals surface area contributed by atoms with Crippen molar-refractivity contribution >= 4 is 35.7 Å². The Morgan fingerprint density at radius 1 is 0.472 bits per heavy atom. The Balaban J connectivity index is 1.67. The number of hydrogen-bond donors (Lipinski definition) is 0. The summed E-state index contributed by atoms with van der Waals surface area (Å²) in [5, 5.41) is 2.55. The second-order valence-corrected chi connectivity index (χ2v) is 13.6. The Hall–Kier alpha value is -3.64. The van der Waals surface area contributed by atoms with Crippen molar-refractivity contribution in [1.29, 1.82) is 0 Å². The molecule has 0 aliphatic carbocycles. The third-order valence-electron chi connectivity index (χ3n) is 6.07. The summed E-state index contributed by atoms with van der Waals surface area (Å²) in [5.74, 6) is 0.372. The standard InChI is InChI=1S/C31H26O3P2/c32-35(27-17-7-2-8-18-27,25-26-15-5-1-6-16-26)34-30-23-13-14-24-31(30)36(33,28-19-9-3-10-20-28)29-21-11-4-12-22-29/h1-24H,25H2. The summed E-state index contributed by atoms with van der Waals surface area (Å²) in [6, 6.07) is 45.1. The molecule has 1 atom stereocenters. The lowest BCUT2D eigenvalue weighted by atomic mass is 10.2. The fraction of sp³-hybridized carbons (Fsp3) is 0.0323. The van der Waals surface area contributed by atoms with E-state index in [0.29, 0.717) is 27.0 Å². The van der Waals surface area contributed by atoms with Gasteiger partial charge in [-0.25, -0.2) is 0 Å². The lowest BCUT2D eigenvalue weighted by molar-refractivity contribution is 0.493. The fourth-order valence-electron chi connectivity index (χ4n) is 4.31. The predicted octanol–water partition coefficient (Wildman–Crippen LogP) is 6.51. The van der Waals surface area contributed by atoms with Gasteiger partial charge in [0.15, 0.2) is 7.14 Å². The normalized spacial score (nSPS) is 13.0. The van der Waals surface area contributed by atoms with Crippen LogP contribution < -0.4 is 25.7 Å². The Labute approximate surface area is 212 Å². The molecule has 0 spiro atoms. The van der Waals surface area contributed by atoms with Gasteiger partial charge in [0.05, 0.1) is 11.5 Å². The van der Waals surface area contributed by atoms with Crippen molar-refractivity contribution < 1.29 is 13.7 Å². The highest BCUT2D eigenvalue weighted by atomic mass is 31.2. The maximum absolute atomic E-state index is 15.0. The molecule has 0 saturated heterocycles. The van der Waals surface area contributed by atoms with Crippen molar-refractivity contribution in [2.24, 2.45) is 0 Å². The molecule has 0 N–H and O–H groups in total. The van der Waals surface area contributed by atoms with Crippen LogP contribution in [0, 0.1) is 0 Å². The summed E-state index contributed by atoms with van der Waals surface area (Å²) in [7, 11) is -6.74. The zero-order chi connectivity index (χ0) is 24.8. The Bertz CT molecular complexity index is 1480. The Morgan fingerprint density at radius 3 is 1.42 bits per heavy atom. The number of benzene rings is 5. The smallest absolute Gasteiger partial charge is 0.281 e. The average molecular weight is 508 g/mol. The van der Waals surface area contributed by atoms with Crippen LogP contribution >= 0.6 is 14.5 Å². The van der Waals surface area contributed by atoms with E-state index in [-0.39, 0.29) is 6.16 Å². The van der Waals surface area contributed by atoms with Crippen molar-refractivity contribution in [3.8, 4) is 5.75 Å². The summed E-state index contributed by atoms with van der Waals surface area (Å²) in [4.78, 5) is 0. The van der Waals surface area contributed by atoms with Crippen LogP contribution in [0.25, 0.3) is 0 Å². The van der Waals surface area contributed by atoms with Crippen molar-refractivity contribution in [2.45, 2.75) is 6.16 Å². The van der Waals surface area contributed by atoms with Gasteiger partial charge < -0.3 is 9.09 Å². The molecule has 5 aromatic carbocycles. The second-order valence-electron chi connectivity index (χ2n) is 8.49. The van der Waals surface area contributed by atoms with Crippen LogP contribution in [0.2, 0.25) is 0 Å². The third-order valence-corrected chi connectivity index (χ3v) is 11.5. The summed E-state index contributed by atoms with van der Waals surface area (Å²) in [5.41, 5.74) is 0.913. The Morgan fingerprint density at radius 2 is 0.889 bits per heavy atom. The van der Waals surface area contributed by atoms with Crippen LogP contribution in [0.15, 0.2) is 146 Å². The van der Waals surface area contributed by atoms with Gasteiger partial charge in [0.1, 0.15) is 5.75 Å². The van der Waals surface area contributed by atoms with E-state index < -0.39 is 14.5 Å². The van der Waals surface area contributed by atoms with E-state index in [4.69, 9.17) is 4.52 Å². The third kappa shape index (κ3) is 4.86. The van der Waals surface area contributed by atoms with E-state index >= 15 is 4.57 Å². The minimum Gasteiger partial charge on any atom is -0.439 e. The molecule has 0 saturated carbocycles. The van der Waals surface area contributed by atoms with Crippen LogP contribution in [0.1, 0.15) is 5.56 Å². The summed E-state index contributed by atoms with van der Waals surface area (Å²) >= 11 is 0. The summed E-state index contributed by atoms with van der Waals surface area (Å²) < 4.78 is 36.1. The predicted molar refractivity (Wildman–Crippen MR) is 150 cm³/mol. The molecule has 0 fully saturated rings. The van der Waals surface area contributed by atoms with Gasteiger partial charge in [0.25, 0.3) is 7.37 Å². The first kappa shape index (κ1) is 24.1. The van der Waals surface area contributed by atoms with Gasteiger partial charge in [0.2, 0.25) is 0 Å². The van der Waals surface area contributed by atoms with Crippen molar-refractivity contribution in [3.63, 3.8) is 0 Å². The highest BCUT2D eigenvalue weighted by molar-refractivity contribution is 7.85. The fourth-order valence-corrected chi connectivity index (χ4v) is 9.30. The number of hydrogen-bond acceptors (Lipinski definition) is 3. The maximum atomic E-state index is 15.0. The molecule has 0 heterocycles. The summed E-state index contributed by atoms with van der Waals surface area (Å²) in [6.45, 7) is 0. The molecule has 1 unspecified atom stereocenters. The molecule has 0 aliphatic heterocycles. The number of rotatable bonds is 8. The zero-order valence-electron chi connectivity index (χ0n) is 19.7. The lowest BCUT2D eigenvalue weighted by Gasteiger charge is -2.26. The SMILES string of the molecule is O=P(Cc1ccccc1)(Oc1ccccc1P(=O)(c1ccccc1)c1ccccc1)c1ccccc1.